The first-order valence-electron chi connectivity index (χ1n) is 11.0. The number of hydrogen-bond donors (Lipinski definition) is 1. The maximum absolute atomic E-state index is 13.3. The zero-order valence-electron chi connectivity index (χ0n) is 17.6. The number of rotatable bonds is 4. The summed E-state index contributed by atoms with van der Waals surface area (Å²) in [6.07, 6.45) is 6.87. The number of amides is 1. The number of nitrogens with one attached hydrogen (secondary N) is 1. The van der Waals surface area contributed by atoms with Crippen molar-refractivity contribution in [2.24, 2.45) is 0 Å². The van der Waals surface area contributed by atoms with Gasteiger partial charge in [-0.1, -0.05) is 43.2 Å². The second kappa shape index (κ2) is 8.90. The molecule has 1 aliphatic heterocycles. The highest BCUT2D eigenvalue weighted by Gasteiger charge is 2.28. The van der Waals surface area contributed by atoms with Crippen LogP contribution < -0.4 is 5.32 Å². The quantitative estimate of drug-likeness (QED) is 0.790. The Balaban J connectivity index is 1.58. The van der Waals surface area contributed by atoms with Gasteiger partial charge < -0.3 is 5.32 Å². The van der Waals surface area contributed by atoms with Crippen LogP contribution in [0.2, 0.25) is 0 Å². The van der Waals surface area contributed by atoms with E-state index in [0.29, 0.717) is 24.2 Å². The Morgan fingerprint density at radius 1 is 1.00 bits per heavy atom. The van der Waals surface area contributed by atoms with Crippen molar-refractivity contribution >= 4 is 15.9 Å². The molecular weight excluding hydrogens is 396 g/mol. The lowest BCUT2D eigenvalue weighted by molar-refractivity contribution is 0.0932. The minimum Gasteiger partial charge on any atom is -0.345 e. The van der Waals surface area contributed by atoms with Crippen molar-refractivity contribution in [1.82, 2.24) is 9.62 Å². The number of fused-ring (bicyclic) bond motifs is 1. The molecule has 1 amide bonds. The van der Waals surface area contributed by atoms with E-state index in [0.717, 1.165) is 44.9 Å². The fourth-order valence-corrected chi connectivity index (χ4v) is 6.35. The van der Waals surface area contributed by atoms with Gasteiger partial charge in [-0.05, 0) is 67.9 Å². The number of nitrogens with zero attached hydrogens (tertiary/aromatic N) is 1. The third-order valence-corrected chi connectivity index (χ3v) is 8.35. The molecule has 30 heavy (non-hydrogen) atoms. The average Bonchev–Trinajstić information content (AvgIpc) is 3.04. The lowest BCUT2D eigenvalue weighted by Gasteiger charge is -2.26. The molecule has 1 atom stereocenters. The third kappa shape index (κ3) is 4.30. The van der Waals surface area contributed by atoms with Gasteiger partial charge in [0.25, 0.3) is 5.91 Å². The summed E-state index contributed by atoms with van der Waals surface area (Å²) in [6.45, 7) is 2.90. The first kappa shape index (κ1) is 21.1. The van der Waals surface area contributed by atoms with Crippen LogP contribution >= 0.6 is 0 Å². The van der Waals surface area contributed by atoms with Gasteiger partial charge in [0.2, 0.25) is 10.0 Å². The van der Waals surface area contributed by atoms with Gasteiger partial charge in [-0.3, -0.25) is 4.79 Å². The minimum atomic E-state index is -3.60. The zero-order chi connectivity index (χ0) is 21.1. The average molecular weight is 427 g/mol. The van der Waals surface area contributed by atoms with Gasteiger partial charge in [0, 0.05) is 18.7 Å². The van der Waals surface area contributed by atoms with Crippen molar-refractivity contribution in [3.05, 3.63) is 64.7 Å². The van der Waals surface area contributed by atoms with Crippen LogP contribution in [0, 0.1) is 6.92 Å². The maximum atomic E-state index is 13.3. The molecule has 0 aromatic heterocycles. The van der Waals surface area contributed by atoms with E-state index in [4.69, 9.17) is 0 Å². The van der Waals surface area contributed by atoms with Crippen LogP contribution in [0.1, 0.15) is 71.6 Å². The highest BCUT2D eigenvalue weighted by Crippen LogP contribution is 2.30. The highest BCUT2D eigenvalue weighted by molar-refractivity contribution is 7.89. The molecule has 2 aromatic carbocycles. The molecule has 4 rings (SSSR count). The van der Waals surface area contributed by atoms with E-state index in [2.05, 4.69) is 17.4 Å². The second-order valence-corrected chi connectivity index (χ2v) is 10.3. The van der Waals surface area contributed by atoms with E-state index in [1.165, 1.54) is 11.1 Å². The molecule has 1 aliphatic carbocycles. The molecule has 2 aromatic rings. The summed E-state index contributed by atoms with van der Waals surface area (Å²) >= 11 is 0. The number of benzene rings is 2. The number of sulfonamides is 1. The molecule has 0 bridgehead atoms. The third-order valence-electron chi connectivity index (χ3n) is 6.31. The van der Waals surface area contributed by atoms with Gasteiger partial charge in [0.1, 0.15) is 0 Å². The van der Waals surface area contributed by atoms with E-state index in [9.17, 15) is 13.2 Å². The van der Waals surface area contributed by atoms with Crippen LogP contribution in [0.15, 0.2) is 47.4 Å². The number of aryl methyl sites for hydroxylation is 2. The van der Waals surface area contributed by atoms with Gasteiger partial charge >= 0.3 is 0 Å². The van der Waals surface area contributed by atoms with Gasteiger partial charge in [-0.15, -0.1) is 0 Å². The fourth-order valence-electron chi connectivity index (χ4n) is 4.59. The summed E-state index contributed by atoms with van der Waals surface area (Å²) in [4.78, 5) is 13.3. The fraction of sp³-hybridized carbons (Fsp3) is 0.458. The Hall–Kier alpha value is -2.18. The Labute approximate surface area is 179 Å². The van der Waals surface area contributed by atoms with Crippen LogP contribution in [0.5, 0.6) is 0 Å². The number of hydrogen-bond acceptors (Lipinski definition) is 3. The van der Waals surface area contributed by atoms with E-state index < -0.39 is 10.0 Å². The van der Waals surface area contributed by atoms with Gasteiger partial charge in [0.05, 0.1) is 10.9 Å². The van der Waals surface area contributed by atoms with Gasteiger partial charge in [0.15, 0.2) is 0 Å². The molecule has 1 saturated heterocycles. The normalized spacial score (nSPS) is 20.2. The van der Waals surface area contributed by atoms with Crippen LogP contribution in [0.4, 0.5) is 0 Å². The number of carbonyl (C=O) groups excluding carboxylic acids is 1. The second-order valence-electron chi connectivity index (χ2n) is 8.42. The first-order chi connectivity index (χ1) is 14.5. The molecule has 1 N–H and O–H groups in total. The summed E-state index contributed by atoms with van der Waals surface area (Å²) in [7, 11) is -3.60. The van der Waals surface area contributed by atoms with Crippen molar-refractivity contribution in [2.75, 3.05) is 13.1 Å². The lowest BCUT2D eigenvalue weighted by Crippen LogP contribution is -2.33. The minimum absolute atomic E-state index is 0.0329. The van der Waals surface area contributed by atoms with Gasteiger partial charge in [-0.2, -0.15) is 4.31 Å². The summed E-state index contributed by atoms with van der Waals surface area (Å²) in [5, 5.41) is 3.13. The highest BCUT2D eigenvalue weighted by atomic mass is 32.2. The molecule has 6 heteroatoms. The Bertz CT molecular complexity index is 1020. The molecule has 5 nitrogen and oxygen atoms in total. The van der Waals surface area contributed by atoms with E-state index >= 15 is 0 Å². The molecule has 0 radical (unpaired) electrons. The van der Waals surface area contributed by atoms with Crippen molar-refractivity contribution < 1.29 is 13.2 Å². The van der Waals surface area contributed by atoms with E-state index in [1.807, 2.05) is 12.1 Å². The molecular formula is C24H30N2O3S. The monoisotopic (exact) mass is 426 g/mol. The topological polar surface area (TPSA) is 66.5 Å². The summed E-state index contributed by atoms with van der Waals surface area (Å²) in [5.74, 6) is -0.219. The van der Waals surface area contributed by atoms with Crippen LogP contribution in [-0.2, 0) is 16.4 Å². The first-order valence-corrected chi connectivity index (χ1v) is 12.4. The molecule has 1 heterocycles. The molecule has 0 spiro atoms. The van der Waals surface area contributed by atoms with Crippen molar-refractivity contribution in [2.45, 2.75) is 62.8 Å². The smallest absolute Gasteiger partial charge is 0.251 e. The Kier molecular flexibility index (Phi) is 6.25. The van der Waals surface area contributed by atoms with Crippen molar-refractivity contribution in [1.29, 1.82) is 0 Å². The lowest BCUT2D eigenvalue weighted by atomic mass is 9.87. The number of carbonyl (C=O) groups is 1. The van der Waals surface area contributed by atoms with Crippen molar-refractivity contribution in [3.63, 3.8) is 0 Å². The molecule has 0 saturated carbocycles. The largest absolute Gasteiger partial charge is 0.345 e. The zero-order valence-corrected chi connectivity index (χ0v) is 18.4. The summed E-state index contributed by atoms with van der Waals surface area (Å²) < 4.78 is 28.2. The Morgan fingerprint density at radius 2 is 1.73 bits per heavy atom. The Morgan fingerprint density at radius 3 is 2.50 bits per heavy atom. The molecule has 0 unspecified atom stereocenters. The summed E-state index contributed by atoms with van der Waals surface area (Å²) in [5.41, 5.74) is 3.53. The molecule has 1 fully saturated rings. The standard InChI is InChI=1S/C24H30N2O3S/c1-18-13-14-20(17-23(18)30(28,29)26-15-6-2-3-7-16-26)24(27)25-22-12-8-10-19-9-4-5-11-21(19)22/h4-5,9,11,13-14,17,22H,2-3,6-8,10,12,15-16H2,1H3,(H,25,27)/t22-/m1/s1. The summed E-state index contributed by atoms with van der Waals surface area (Å²) in [6, 6.07) is 13.2. The maximum Gasteiger partial charge on any atom is 0.251 e. The molecule has 160 valence electrons. The van der Waals surface area contributed by atoms with Crippen molar-refractivity contribution in [3.8, 4) is 0 Å². The SMILES string of the molecule is Cc1ccc(C(=O)N[C@@H]2CCCc3ccccc32)cc1S(=O)(=O)N1CCCCCC1. The van der Waals surface area contributed by atoms with Crippen LogP contribution in [0.25, 0.3) is 0 Å². The predicted molar refractivity (Wildman–Crippen MR) is 118 cm³/mol. The van der Waals surface area contributed by atoms with Gasteiger partial charge in [-0.25, -0.2) is 8.42 Å². The van der Waals surface area contributed by atoms with Crippen LogP contribution in [-0.4, -0.2) is 31.7 Å². The predicted octanol–water partition coefficient (Wildman–Crippen LogP) is 4.37. The van der Waals surface area contributed by atoms with E-state index in [1.54, 1.807) is 29.4 Å². The molecule has 2 aliphatic rings. The van der Waals surface area contributed by atoms with E-state index in [-0.39, 0.29) is 16.8 Å². The van der Waals surface area contributed by atoms with Crippen LogP contribution in [0.3, 0.4) is 0 Å².